The van der Waals surface area contributed by atoms with Crippen molar-refractivity contribution >= 4 is 11.9 Å². The van der Waals surface area contributed by atoms with Gasteiger partial charge in [-0.25, -0.2) is 5.84 Å². The van der Waals surface area contributed by atoms with Crippen molar-refractivity contribution in [1.82, 2.24) is 24.7 Å². The van der Waals surface area contributed by atoms with Gasteiger partial charge in [-0.2, -0.15) is 20.1 Å². The summed E-state index contributed by atoms with van der Waals surface area (Å²) in [5.74, 6) is 5.92. The van der Waals surface area contributed by atoms with Crippen LogP contribution >= 0.6 is 0 Å². The quantitative estimate of drug-likeness (QED) is 0.522. The molecule has 108 valence electrons. The second kappa shape index (κ2) is 5.70. The first-order valence-electron chi connectivity index (χ1n) is 6.04. The Balaban J connectivity index is 2.18. The zero-order valence-electron chi connectivity index (χ0n) is 11.9. The average molecular weight is 278 g/mol. The molecule has 2 rings (SSSR count). The standard InChI is InChI=1S/C11H18N8O/c1-6-8(7(2)19(3)18-6)5-13-9-14-10(17-12)16-11(15-9)20-4/h5,12H2,1-4H3,(H2,13,14,15,16,17). The Hall–Kier alpha value is -2.42. The maximum Gasteiger partial charge on any atom is 0.322 e. The summed E-state index contributed by atoms with van der Waals surface area (Å²) < 4.78 is 6.83. The number of hydrazine groups is 1. The van der Waals surface area contributed by atoms with E-state index in [0.29, 0.717) is 12.5 Å². The van der Waals surface area contributed by atoms with Crippen molar-refractivity contribution in [3.8, 4) is 6.01 Å². The minimum atomic E-state index is 0.190. The third-order valence-corrected chi connectivity index (χ3v) is 3.01. The molecule has 0 aliphatic rings. The first kappa shape index (κ1) is 14.0. The summed E-state index contributed by atoms with van der Waals surface area (Å²) in [6.07, 6.45) is 0. The second-order valence-electron chi connectivity index (χ2n) is 4.24. The highest BCUT2D eigenvalue weighted by Gasteiger charge is 2.11. The lowest BCUT2D eigenvalue weighted by Gasteiger charge is -2.08. The average Bonchev–Trinajstić information content (AvgIpc) is 2.69. The highest BCUT2D eigenvalue weighted by Crippen LogP contribution is 2.15. The van der Waals surface area contributed by atoms with Gasteiger partial charge in [0.25, 0.3) is 0 Å². The molecule has 0 saturated carbocycles. The molecule has 0 atom stereocenters. The molecule has 0 amide bonds. The number of methoxy groups -OCH3 is 1. The van der Waals surface area contributed by atoms with E-state index in [1.807, 2.05) is 25.6 Å². The van der Waals surface area contributed by atoms with Crippen molar-refractivity contribution in [2.24, 2.45) is 12.9 Å². The van der Waals surface area contributed by atoms with E-state index >= 15 is 0 Å². The number of nitrogens with two attached hydrogens (primary N) is 1. The number of rotatable bonds is 5. The predicted octanol–water partition coefficient (Wildman–Crippen LogP) is 0.128. The Morgan fingerprint density at radius 2 is 1.90 bits per heavy atom. The van der Waals surface area contributed by atoms with Gasteiger partial charge in [-0.05, 0) is 13.8 Å². The van der Waals surface area contributed by atoms with Crippen LogP contribution in [0.1, 0.15) is 17.0 Å². The lowest BCUT2D eigenvalue weighted by atomic mass is 10.2. The van der Waals surface area contributed by atoms with Crippen molar-refractivity contribution in [2.45, 2.75) is 20.4 Å². The van der Waals surface area contributed by atoms with Gasteiger partial charge >= 0.3 is 6.01 Å². The largest absolute Gasteiger partial charge is 0.467 e. The van der Waals surface area contributed by atoms with Crippen molar-refractivity contribution < 1.29 is 4.74 Å². The molecule has 20 heavy (non-hydrogen) atoms. The molecule has 0 aliphatic carbocycles. The van der Waals surface area contributed by atoms with Crippen LogP contribution in [0.4, 0.5) is 11.9 Å². The monoisotopic (exact) mass is 278 g/mol. The summed E-state index contributed by atoms with van der Waals surface area (Å²) >= 11 is 0. The molecular weight excluding hydrogens is 260 g/mol. The van der Waals surface area contributed by atoms with Crippen LogP contribution in [0.15, 0.2) is 0 Å². The normalized spacial score (nSPS) is 10.4. The first-order valence-corrected chi connectivity index (χ1v) is 6.04. The van der Waals surface area contributed by atoms with Crippen molar-refractivity contribution in [3.63, 3.8) is 0 Å². The Kier molecular flexibility index (Phi) is 3.99. The van der Waals surface area contributed by atoms with E-state index < -0.39 is 0 Å². The van der Waals surface area contributed by atoms with E-state index in [4.69, 9.17) is 10.6 Å². The fourth-order valence-corrected chi connectivity index (χ4v) is 1.83. The molecule has 0 fully saturated rings. The van der Waals surface area contributed by atoms with E-state index in [1.54, 1.807) is 0 Å². The van der Waals surface area contributed by atoms with Crippen LogP contribution in [0.3, 0.4) is 0 Å². The lowest BCUT2D eigenvalue weighted by molar-refractivity contribution is 0.379. The number of hydrogen-bond donors (Lipinski definition) is 3. The number of aromatic nitrogens is 5. The fraction of sp³-hybridized carbons (Fsp3) is 0.455. The smallest absolute Gasteiger partial charge is 0.322 e. The van der Waals surface area contributed by atoms with E-state index in [0.717, 1.165) is 17.0 Å². The summed E-state index contributed by atoms with van der Waals surface area (Å²) in [4.78, 5) is 12.1. The van der Waals surface area contributed by atoms with E-state index in [9.17, 15) is 0 Å². The van der Waals surface area contributed by atoms with Crippen LogP contribution in [-0.4, -0.2) is 31.8 Å². The van der Waals surface area contributed by atoms with Gasteiger partial charge in [0.2, 0.25) is 11.9 Å². The molecule has 0 spiro atoms. The molecule has 0 bridgehead atoms. The molecule has 4 N–H and O–H groups in total. The highest BCUT2D eigenvalue weighted by atomic mass is 16.5. The zero-order chi connectivity index (χ0) is 14.7. The number of nitrogens with one attached hydrogen (secondary N) is 2. The van der Waals surface area contributed by atoms with Crippen LogP contribution in [0.25, 0.3) is 0 Å². The molecule has 2 heterocycles. The number of anilines is 2. The van der Waals surface area contributed by atoms with E-state index in [-0.39, 0.29) is 12.0 Å². The molecular formula is C11H18N8O. The van der Waals surface area contributed by atoms with Gasteiger partial charge in [0.1, 0.15) is 0 Å². The predicted molar refractivity (Wildman–Crippen MR) is 74.2 cm³/mol. The molecule has 0 radical (unpaired) electrons. The Morgan fingerprint density at radius 1 is 1.20 bits per heavy atom. The summed E-state index contributed by atoms with van der Waals surface area (Å²) in [6, 6.07) is 0.190. The Morgan fingerprint density at radius 3 is 2.45 bits per heavy atom. The second-order valence-corrected chi connectivity index (χ2v) is 4.24. The minimum absolute atomic E-state index is 0.190. The highest BCUT2D eigenvalue weighted by molar-refractivity contribution is 5.37. The van der Waals surface area contributed by atoms with E-state index in [1.165, 1.54) is 7.11 Å². The Labute approximate surface area is 116 Å². The topological polar surface area (TPSA) is 116 Å². The molecule has 9 heteroatoms. The zero-order valence-corrected chi connectivity index (χ0v) is 11.9. The van der Waals surface area contributed by atoms with Crippen LogP contribution < -0.4 is 21.3 Å². The molecule has 9 nitrogen and oxygen atoms in total. The summed E-state index contributed by atoms with van der Waals surface area (Å²) in [6.45, 7) is 4.53. The fourth-order valence-electron chi connectivity index (χ4n) is 1.83. The van der Waals surface area contributed by atoms with Gasteiger partial charge in [0, 0.05) is 24.8 Å². The van der Waals surface area contributed by atoms with Crippen LogP contribution in [-0.2, 0) is 13.6 Å². The number of nitrogens with zero attached hydrogens (tertiary/aromatic N) is 5. The van der Waals surface area contributed by atoms with Crippen LogP contribution in [0, 0.1) is 13.8 Å². The van der Waals surface area contributed by atoms with Crippen molar-refractivity contribution in [3.05, 3.63) is 17.0 Å². The van der Waals surface area contributed by atoms with Crippen molar-refractivity contribution in [2.75, 3.05) is 17.9 Å². The first-order chi connectivity index (χ1) is 9.55. The number of ether oxygens (including phenoxy) is 1. The van der Waals surface area contributed by atoms with Crippen molar-refractivity contribution in [1.29, 1.82) is 0 Å². The maximum atomic E-state index is 5.30. The third-order valence-electron chi connectivity index (χ3n) is 3.01. The molecule has 2 aromatic heterocycles. The van der Waals surface area contributed by atoms with Gasteiger partial charge < -0.3 is 10.1 Å². The Bertz CT molecular complexity index is 586. The molecule has 0 aromatic carbocycles. The third kappa shape index (κ3) is 2.77. The molecule has 0 aliphatic heterocycles. The van der Waals surface area contributed by atoms with Gasteiger partial charge in [-0.3, -0.25) is 10.1 Å². The number of aryl methyl sites for hydroxylation is 2. The number of nitrogen functional groups attached to an aromatic ring is 1. The minimum Gasteiger partial charge on any atom is -0.467 e. The molecule has 2 aromatic rings. The van der Waals surface area contributed by atoms with Gasteiger partial charge in [-0.1, -0.05) is 0 Å². The summed E-state index contributed by atoms with van der Waals surface area (Å²) in [7, 11) is 3.39. The maximum absolute atomic E-state index is 5.30. The SMILES string of the molecule is COc1nc(NN)nc(NCc2c(C)nn(C)c2C)n1. The number of hydrogen-bond acceptors (Lipinski definition) is 8. The van der Waals surface area contributed by atoms with Gasteiger partial charge in [0.15, 0.2) is 0 Å². The lowest BCUT2D eigenvalue weighted by Crippen LogP contribution is -2.14. The van der Waals surface area contributed by atoms with Crippen LogP contribution in [0.5, 0.6) is 6.01 Å². The van der Waals surface area contributed by atoms with E-state index in [2.05, 4.69) is 30.8 Å². The molecule has 0 unspecified atom stereocenters. The van der Waals surface area contributed by atoms with Gasteiger partial charge in [0.05, 0.1) is 12.8 Å². The van der Waals surface area contributed by atoms with Crippen LogP contribution in [0.2, 0.25) is 0 Å². The molecule has 0 saturated heterocycles. The van der Waals surface area contributed by atoms with Gasteiger partial charge in [-0.15, -0.1) is 0 Å². The summed E-state index contributed by atoms with van der Waals surface area (Å²) in [5.41, 5.74) is 5.53. The summed E-state index contributed by atoms with van der Waals surface area (Å²) in [5, 5.41) is 7.47.